The number of alkyl carbamates (subject to hydrolysis) is 1. The molecule has 0 spiro atoms. The molecule has 1 fully saturated rings. The molecule has 30 heavy (non-hydrogen) atoms. The van der Waals surface area contributed by atoms with Gasteiger partial charge in [-0.15, -0.1) is 0 Å². The molecule has 0 radical (unpaired) electrons. The standard InChI is InChI=1S/C22H28N2O2.2C2H6/c1-4-23-22(25)26-19-13-20(24-14-19)21(17-9-5-15(2)6-10-17)18-11-7-16(3)8-12-18;2*1-2/h5-12,19-21,24H,4,13-14H2,1-3H3,(H,23,25);2*1-2H3. The average molecular weight is 413 g/mol. The quantitative estimate of drug-likeness (QED) is 0.636. The summed E-state index contributed by atoms with van der Waals surface area (Å²) in [5.74, 6) is 0.235. The van der Waals surface area contributed by atoms with Crippen molar-refractivity contribution in [3.05, 3.63) is 70.8 Å². The Kier molecular flexibility index (Phi) is 11.8. The Morgan fingerprint density at radius 2 is 1.43 bits per heavy atom. The lowest BCUT2D eigenvalue weighted by atomic mass is 9.83. The Bertz CT molecular complexity index is 680. The highest BCUT2D eigenvalue weighted by molar-refractivity contribution is 5.67. The minimum absolute atomic E-state index is 0.0926. The van der Waals surface area contributed by atoms with E-state index in [2.05, 4.69) is 73.0 Å². The summed E-state index contributed by atoms with van der Waals surface area (Å²) in [5.41, 5.74) is 5.09. The monoisotopic (exact) mass is 412 g/mol. The van der Waals surface area contributed by atoms with Crippen LogP contribution in [0.3, 0.4) is 0 Å². The van der Waals surface area contributed by atoms with Crippen molar-refractivity contribution in [1.82, 2.24) is 10.6 Å². The summed E-state index contributed by atoms with van der Waals surface area (Å²) in [5, 5.41) is 6.28. The fraction of sp³-hybridized carbons (Fsp3) is 0.500. The van der Waals surface area contributed by atoms with E-state index in [0.717, 1.165) is 6.42 Å². The first-order valence-corrected chi connectivity index (χ1v) is 11.4. The van der Waals surface area contributed by atoms with Gasteiger partial charge >= 0.3 is 6.09 Å². The number of carbonyl (C=O) groups excluding carboxylic acids is 1. The van der Waals surface area contributed by atoms with E-state index in [9.17, 15) is 4.79 Å². The smallest absolute Gasteiger partial charge is 0.407 e. The molecular weight excluding hydrogens is 372 g/mol. The molecule has 1 aliphatic rings. The van der Waals surface area contributed by atoms with Crippen LogP contribution in [0.2, 0.25) is 0 Å². The third kappa shape index (κ3) is 7.49. The van der Waals surface area contributed by atoms with E-state index in [1.807, 2.05) is 34.6 Å². The predicted octanol–water partition coefficient (Wildman–Crippen LogP) is 5.96. The molecule has 2 aromatic rings. The molecule has 166 valence electrons. The highest BCUT2D eigenvalue weighted by atomic mass is 16.6. The van der Waals surface area contributed by atoms with Crippen LogP contribution in [0.5, 0.6) is 0 Å². The lowest BCUT2D eigenvalue weighted by Crippen LogP contribution is -2.30. The molecular formula is C26H40N2O2. The summed E-state index contributed by atoms with van der Waals surface area (Å²) in [6.07, 6.45) is 0.385. The molecule has 0 aromatic heterocycles. The van der Waals surface area contributed by atoms with Gasteiger partial charge in [0.2, 0.25) is 0 Å². The first kappa shape index (κ1) is 25.7. The Hall–Kier alpha value is -2.33. The van der Waals surface area contributed by atoms with Gasteiger partial charge in [0.1, 0.15) is 6.10 Å². The Morgan fingerprint density at radius 1 is 0.967 bits per heavy atom. The summed E-state index contributed by atoms with van der Waals surface area (Å²) in [4.78, 5) is 11.7. The number of hydrogen-bond donors (Lipinski definition) is 2. The van der Waals surface area contributed by atoms with Crippen LogP contribution < -0.4 is 10.6 Å². The molecule has 4 heteroatoms. The molecule has 2 aromatic carbocycles. The van der Waals surface area contributed by atoms with E-state index in [0.29, 0.717) is 13.1 Å². The molecule has 1 aliphatic heterocycles. The number of ether oxygens (including phenoxy) is 1. The molecule has 0 saturated carbocycles. The molecule has 2 N–H and O–H groups in total. The van der Waals surface area contributed by atoms with Gasteiger partial charge in [0.25, 0.3) is 0 Å². The number of rotatable bonds is 5. The molecule has 2 atom stereocenters. The number of nitrogens with one attached hydrogen (secondary N) is 2. The van der Waals surface area contributed by atoms with Crippen molar-refractivity contribution in [3.63, 3.8) is 0 Å². The molecule has 0 bridgehead atoms. The van der Waals surface area contributed by atoms with Gasteiger partial charge in [-0.1, -0.05) is 87.4 Å². The number of amides is 1. The zero-order valence-electron chi connectivity index (χ0n) is 19.8. The maximum Gasteiger partial charge on any atom is 0.407 e. The van der Waals surface area contributed by atoms with E-state index in [1.165, 1.54) is 22.3 Å². The van der Waals surface area contributed by atoms with Crippen LogP contribution in [0.4, 0.5) is 4.79 Å². The largest absolute Gasteiger partial charge is 0.445 e. The van der Waals surface area contributed by atoms with E-state index in [1.54, 1.807) is 0 Å². The highest BCUT2D eigenvalue weighted by Gasteiger charge is 2.34. The minimum Gasteiger partial charge on any atom is -0.445 e. The zero-order chi connectivity index (χ0) is 22.5. The first-order chi connectivity index (χ1) is 14.6. The number of aryl methyl sites for hydroxylation is 2. The van der Waals surface area contributed by atoms with Crippen LogP contribution in [0.15, 0.2) is 48.5 Å². The van der Waals surface area contributed by atoms with Gasteiger partial charge in [0.05, 0.1) is 0 Å². The van der Waals surface area contributed by atoms with Crippen LogP contribution >= 0.6 is 0 Å². The SMILES string of the molecule is CC.CC.CCNC(=O)OC1CNC(C(c2ccc(C)cc2)c2ccc(C)cc2)C1. The van der Waals surface area contributed by atoms with E-state index >= 15 is 0 Å². The average Bonchev–Trinajstić information content (AvgIpc) is 3.22. The van der Waals surface area contributed by atoms with Gasteiger partial charge in [-0.25, -0.2) is 4.79 Å². The molecule has 3 rings (SSSR count). The van der Waals surface area contributed by atoms with Crippen LogP contribution in [0, 0.1) is 13.8 Å². The normalized spacial score (nSPS) is 17.3. The molecule has 1 saturated heterocycles. The fourth-order valence-corrected chi connectivity index (χ4v) is 3.62. The van der Waals surface area contributed by atoms with Crippen molar-refractivity contribution in [1.29, 1.82) is 0 Å². The number of hydrogen-bond acceptors (Lipinski definition) is 3. The second-order valence-corrected chi connectivity index (χ2v) is 7.11. The van der Waals surface area contributed by atoms with Crippen LogP contribution in [-0.4, -0.2) is 31.3 Å². The van der Waals surface area contributed by atoms with Gasteiger partial charge in [-0.3, -0.25) is 0 Å². The van der Waals surface area contributed by atoms with Crippen LogP contribution in [-0.2, 0) is 4.74 Å². The van der Waals surface area contributed by atoms with Crippen molar-refractivity contribution in [2.75, 3.05) is 13.1 Å². The van der Waals surface area contributed by atoms with Gasteiger partial charge in [0.15, 0.2) is 0 Å². The lowest BCUT2D eigenvalue weighted by Gasteiger charge is -2.25. The van der Waals surface area contributed by atoms with Crippen molar-refractivity contribution in [2.45, 2.75) is 73.0 Å². The third-order valence-electron chi connectivity index (χ3n) is 4.99. The Labute approximate surface area is 183 Å². The van der Waals surface area contributed by atoms with Gasteiger partial charge < -0.3 is 15.4 Å². The third-order valence-corrected chi connectivity index (χ3v) is 4.99. The maximum atomic E-state index is 11.7. The summed E-state index contributed by atoms with van der Waals surface area (Å²) in [6, 6.07) is 17.7. The van der Waals surface area contributed by atoms with E-state index < -0.39 is 0 Å². The summed E-state index contributed by atoms with van der Waals surface area (Å²) < 4.78 is 5.53. The van der Waals surface area contributed by atoms with Crippen molar-refractivity contribution in [3.8, 4) is 0 Å². The predicted molar refractivity (Wildman–Crippen MR) is 127 cm³/mol. The van der Waals surface area contributed by atoms with Gasteiger partial charge in [-0.2, -0.15) is 0 Å². The molecule has 1 amide bonds. The maximum absolute atomic E-state index is 11.7. The summed E-state index contributed by atoms with van der Waals surface area (Å²) in [7, 11) is 0. The lowest BCUT2D eigenvalue weighted by molar-refractivity contribution is 0.106. The molecule has 4 nitrogen and oxygen atoms in total. The first-order valence-electron chi connectivity index (χ1n) is 11.4. The van der Waals surface area contributed by atoms with Crippen LogP contribution in [0.25, 0.3) is 0 Å². The molecule has 0 aliphatic carbocycles. The fourth-order valence-electron chi connectivity index (χ4n) is 3.62. The van der Waals surface area contributed by atoms with E-state index in [-0.39, 0.29) is 24.2 Å². The second kappa shape index (κ2) is 13.8. The van der Waals surface area contributed by atoms with Crippen molar-refractivity contribution in [2.24, 2.45) is 0 Å². The second-order valence-electron chi connectivity index (χ2n) is 7.11. The zero-order valence-corrected chi connectivity index (χ0v) is 19.8. The molecule has 2 unspecified atom stereocenters. The topological polar surface area (TPSA) is 50.4 Å². The van der Waals surface area contributed by atoms with Crippen molar-refractivity contribution >= 4 is 6.09 Å². The summed E-state index contributed by atoms with van der Waals surface area (Å²) >= 11 is 0. The Balaban J connectivity index is 0.00000106. The van der Waals surface area contributed by atoms with E-state index in [4.69, 9.17) is 4.74 Å². The molecule has 1 heterocycles. The van der Waals surface area contributed by atoms with Crippen molar-refractivity contribution < 1.29 is 9.53 Å². The van der Waals surface area contributed by atoms with Gasteiger partial charge in [0, 0.05) is 31.5 Å². The number of carbonyl (C=O) groups is 1. The number of benzene rings is 2. The van der Waals surface area contributed by atoms with Gasteiger partial charge in [-0.05, 0) is 31.9 Å². The Morgan fingerprint density at radius 3 is 1.87 bits per heavy atom. The minimum atomic E-state index is -0.331. The summed E-state index contributed by atoms with van der Waals surface area (Å²) in [6.45, 7) is 15.4. The van der Waals surface area contributed by atoms with Crippen LogP contribution in [0.1, 0.15) is 69.2 Å². The highest BCUT2D eigenvalue weighted by Crippen LogP contribution is 2.33.